The highest BCUT2D eigenvalue weighted by molar-refractivity contribution is 7.91. The third-order valence-corrected chi connectivity index (χ3v) is 5.99. The molecule has 0 atom stereocenters. The Morgan fingerprint density at radius 1 is 1.26 bits per heavy atom. The summed E-state index contributed by atoms with van der Waals surface area (Å²) in [5.41, 5.74) is 0.617. The van der Waals surface area contributed by atoms with Crippen LogP contribution in [0.5, 0.6) is 0 Å². The summed E-state index contributed by atoms with van der Waals surface area (Å²) in [4.78, 5) is 14.2. The van der Waals surface area contributed by atoms with Gasteiger partial charge in [0.1, 0.15) is 5.75 Å². The minimum atomic E-state index is -3.49. The van der Waals surface area contributed by atoms with Crippen LogP contribution in [0.15, 0.2) is 24.3 Å². The number of benzene rings is 1. The third-order valence-electron chi connectivity index (χ3n) is 4.30. The lowest BCUT2D eigenvalue weighted by molar-refractivity contribution is -0.131. The van der Waals surface area contributed by atoms with E-state index < -0.39 is 15.6 Å². The molecule has 0 N–H and O–H groups in total. The van der Waals surface area contributed by atoms with Gasteiger partial charge in [0.05, 0.1) is 5.75 Å². The second kappa shape index (κ2) is 8.15. The molecule has 0 aliphatic heterocycles. The molecule has 6 heteroatoms. The fourth-order valence-electron chi connectivity index (χ4n) is 3.23. The van der Waals surface area contributed by atoms with E-state index in [9.17, 15) is 13.2 Å². The molecule has 128 valence electrons. The Bertz CT molecular complexity index is 639. The predicted molar refractivity (Wildman–Crippen MR) is 93.2 cm³/mol. The fraction of sp³-hybridized carbons (Fsp3) is 0.588. The summed E-state index contributed by atoms with van der Waals surface area (Å²) in [6.07, 6.45) is 5.39. The van der Waals surface area contributed by atoms with Crippen LogP contribution in [0, 0.1) is 0 Å². The number of nitrogens with zero attached hydrogens (tertiary/aromatic N) is 1. The zero-order chi connectivity index (χ0) is 16.9. The van der Waals surface area contributed by atoms with E-state index >= 15 is 0 Å². The Morgan fingerprint density at radius 3 is 2.57 bits per heavy atom. The molecule has 23 heavy (non-hydrogen) atoms. The minimum absolute atomic E-state index is 0.151. The summed E-state index contributed by atoms with van der Waals surface area (Å²) >= 11 is 5.88. The summed E-state index contributed by atoms with van der Waals surface area (Å²) < 4.78 is 24.7. The van der Waals surface area contributed by atoms with Gasteiger partial charge in [0.2, 0.25) is 5.91 Å². The smallest absolute Gasteiger partial charge is 0.238 e. The first-order valence-electron chi connectivity index (χ1n) is 8.15. The van der Waals surface area contributed by atoms with E-state index in [-0.39, 0.29) is 17.7 Å². The predicted octanol–water partition coefficient (Wildman–Crippen LogP) is 3.44. The van der Waals surface area contributed by atoms with Crippen LogP contribution < -0.4 is 0 Å². The number of carbonyl (C=O) groups is 1. The quantitative estimate of drug-likeness (QED) is 0.783. The lowest BCUT2D eigenvalue weighted by Gasteiger charge is -2.33. The van der Waals surface area contributed by atoms with Gasteiger partial charge in [-0.2, -0.15) is 0 Å². The molecule has 0 radical (unpaired) electrons. The summed E-state index contributed by atoms with van der Waals surface area (Å²) in [6.45, 7) is 2.48. The molecule has 0 saturated heterocycles. The largest absolute Gasteiger partial charge is 0.339 e. The molecule has 1 saturated carbocycles. The SMILES string of the molecule is CCN(C(=O)CS(=O)(=O)Cc1cccc(Cl)c1)C1CCCCC1. The molecule has 0 heterocycles. The van der Waals surface area contributed by atoms with Crippen LogP contribution in [0.1, 0.15) is 44.6 Å². The van der Waals surface area contributed by atoms with Gasteiger partial charge in [-0.3, -0.25) is 4.79 Å². The molecule has 4 nitrogen and oxygen atoms in total. The van der Waals surface area contributed by atoms with Crippen LogP contribution in [-0.4, -0.2) is 37.6 Å². The van der Waals surface area contributed by atoms with E-state index in [1.807, 2.05) is 6.92 Å². The maximum absolute atomic E-state index is 12.5. The number of amides is 1. The number of sulfone groups is 1. The molecule has 0 spiro atoms. The second-order valence-electron chi connectivity index (χ2n) is 6.13. The first kappa shape index (κ1) is 18.3. The van der Waals surface area contributed by atoms with Crippen molar-refractivity contribution in [3.63, 3.8) is 0 Å². The maximum atomic E-state index is 12.5. The number of hydrogen-bond donors (Lipinski definition) is 0. The first-order chi connectivity index (χ1) is 10.9. The Kier molecular flexibility index (Phi) is 6.48. The lowest BCUT2D eigenvalue weighted by Crippen LogP contribution is -2.44. The van der Waals surface area contributed by atoms with E-state index in [0.29, 0.717) is 17.1 Å². The van der Waals surface area contributed by atoms with Gasteiger partial charge in [0.15, 0.2) is 9.84 Å². The molecular formula is C17H24ClNO3S. The second-order valence-corrected chi connectivity index (χ2v) is 8.63. The summed E-state index contributed by atoms with van der Waals surface area (Å²) in [5.74, 6) is -0.854. The van der Waals surface area contributed by atoms with Crippen molar-refractivity contribution in [2.45, 2.75) is 50.8 Å². The summed E-state index contributed by atoms with van der Waals surface area (Å²) in [5, 5.41) is 0.501. The number of rotatable bonds is 6. The van der Waals surface area contributed by atoms with Crippen LogP contribution in [0.3, 0.4) is 0 Å². The van der Waals surface area contributed by atoms with E-state index in [4.69, 9.17) is 11.6 Å². The Hall–Kier alpha value is -1.07. The molecule has 1 aliphatic rings. The number of halogens is 1. The zero-order valence-corrected chi connectivity index (χ0v) is 15.1. The highest BCUT2D eigenvalue weighted by atomic mass is 35.5. The van der Waals surface area contributed by atoms with Crippen LogP contribution >= 0.6 is 11.6 Å². The van der Waals surface area contributed by atoms with E-state index in [0.717, 1.165) is 25.7 Å². The molecular weight excluding hydrogens is 334 g/mol. The molecule has 1 aromatic rings. The fourth-order valence-corrected chi connectivity index (χ4v) is 4.78. The van der Waals surface area contributed by atoms with Gasteiger partial charge in [-0.15, -0.1) is 0 Å². The van der Waals surface area contributed by atoms with Crippen molar-refractivity contribution in [1.82, 2.24) is 4.90 Å². The topological polar surface area (TPSA) is 54.5 Å². The van der Waals surface area contributed by atoms with Crippen molar-refractivity contribution in [2.75, 3.05) is 12.3 Å². The van der Waals surface area contributed by atoms with E-state index in [1.54, 1.807) is 29.2 Å². The lowest BCUT2D eigenvalue weighted by atomic mass is 9.94. The van der Waals surface area contributed by atoms with Gasteiger partial charge in [0.25, 0.3) is 0 Å². The van der Waals surface area contributed by atoms with Crippen molar-refractivity contribution < 1.29 is 13.2 Å². The molecule has 1 fully saturated rings. The average molecular weight is 358 g/mol. The molecule has 1 amide bonds. The van der Waals surface area contributed by atoms with Gasteiger partial charge in [-0.1, -0.05) is 43.0 Å². The Balaban J connectivity index is 2.01. The average Bonchev–Trinajstić information content (AvgIpc) is 2.48. The Morgan fingerprint density at radius 2 is 1.96 bits per heavy atom. The Labute approximate surface area is 143 Å². The highest BCUT2D eigenvalue weighted by Gasteiger charge is 2.27. The van der Waals surface area contributed by atoms with Crippen LogP contribution in [0.4, 0.5) is 0 Å². The number of carbonyl (C=O) groups excluding carboxylic acids is 1. The van der Waals surface area contributed by atoms with E-state index in [2.05, 4.69) is 0 Å². The van der Waals surface area contributed by atoms with Crippen molar-refractivity contribution in [3.8, 4) is 0 Å². The van der Waals surface area contributed by atoms with Crippen LogP contribution in [0.25, 0.3) is 0 Å². The van der Waals surface area contributed by atoms with Gasteiger partial charge in [0, 0.05) is 17.6 Å². The maximum Gasteiger partial charge on any atom is 0.238 e. The molecule has 1 aromatic carbocycles. The normalized spacial score (nSPS) is 16.3. The van der Waals surface area contributed by atoms with Crippen molar-refractivity contribution >= 4 is 27.3 Å². The molecule has 2 rings (SSSR count). The minimum Gasteiger partial charge on any atom is -0.339 e. The summed E-state index contributed by atoms with van der Waals surface area (Å²) in [7, 11) is -3.49. The van der Waals surface area contributed by atoms with Crippen molar-refractivity contribution in [3.05, 3.63) is 34.9 Å². The van der Waals surface area contributed by atoms with Crippen molar-refractivity contribution in [2.24, 2.45) is 0 Å². The van der Waals surface area contributed by atoms with Crippen LogP contribution in [-0.2, 0) is 20.4 Å². The van der Waals surface area contributed by atoms with Gasteiger partial charge in [-0.25, -0.2) is 8.42 Å². The number of hydrogen-bond acceptors (Lipinski definition) is 3. The standard InChI is InChI=1S/C17H24ClNO3S/c1-2-19(16-9-4-3-5-10-16)17(20)13-23(21,22)12-14-7-6-8-15(18)11-14/h6-8,11,16H,2-5,9-10,12-13H2,1H3. The van der Waals surface area contributed by atoms with Crippen LogP contribution in [0.2, 0.25) is 5.02 Å². The molecule has 0 bridgehead atoms. The molecule has 0 unspecified atom stereocenters. The highest BCUT2D eigenvalue weighted by Crippen LogP contribution is 2.23. The van der Waals surface area contributed by atoms with Gasteiger partial charge >= 0.3 is 0 Å². The third kappa shape index (κ3) is 5.50. The van der Waals surface area contributed by atoms with Gasteiger partial charge in [-0.05, 0) is 37.5 Å². The van der Waals surface area contributed by atoms with Gasteiger partial charge < -0.3 is 4.90 Å². The van der Waals surface area contributed by atoms with Crippen molar-refractivity contribution in [1.29, 1.82) is 0 Å². The molecule has 0 aromatic heterocycles. The molecule has 1 aliphatic carbocycles. The zero-order valence-electron chi connectivity index (χ0n) is 13.5. The van der Waals surface area contributed by atoms with E-state index in [1.165, 1.54) is 6.42 Å². The monoisotopic (exact) mass is 357 g/mol. The summed E-state index contributed by atoms with van der Waals surface area (Å²) in [6, 6.07) is 6.96. The first-order valence-corrected chi connectivity index (χ1v) is 10.4.